The minimum absolute atomic E-state index is 0.691. The Hall–Kier alpha value is -1.91. The Kier molecular flexibility index (Phi) is 4.18. The molecular weight excluding hydrogens is 302 g/mol. The fourth-order valence-electron chi connectivity index (χ4n) is 1.95. The summed E-state index contributed by atoms with van der Waals surface area (Å²) in [4.78, 5) is 8.77. The summed E-state index contributed by atoms with van der Waals surface area (Å²) in [6.07, 6.45) is 3.63. The van der Waals surface area contributed by atoms with Gasteiger partial charge in [0.15, 0.2) is 0 Å². The van der Waals surface area contributed by atoms with Crippen molar-refractivity contribution in [2.45, 2.75) is 13.5 Å². The Labute approximate surface area is 132 Å². The van der Waals surface area contributed by atoms with E-state index in [9.17, 15) is 0 Å². The summed E-state index contributed by atoms with van der Waals surface area (Å²) < 4.78 is 0. The van der Waals surface area contributed by atoms with Crippen LogP contribution in [0.2, 0.25) is 5.02 Å². The van der Waals surface area contributed by atoms with Crippen molar-refractivity contribution < 1.29 is 0 Å². The maximum absolute atomic E-state index is 5.90. The molecule has 0 aliphatic carbocycles. The lowest BCUT2D eigenvalue weighted by Gasteiger charge is -2.06. The lowest BCUT2D eigenvalue weighted by atomic mass is 10.2. The Morgan fingerprint density at radius 1 is 1.19 bits per heavy atom. The van der Waals surface area contributed by atoms with E-state index in [1.165, 1.54) is 5.56 Å². The van der Waals surface area contributed by atoms with E-state index in [2.05, 4.69) is 27.6 Å². The fourth-order valence-corrected chi connectivity index (χ4v) is 2.90. The Morgan fingerprint density at radius 3 is 2.76 bits per heavy atom. The van der Waals surface area contributed by atoms with Gasteiger partial charge in [-0.15, -0.1) is 11.3 Å². The normalized spacial score (nSPS) is 10.6. The van der Waals surface area contributed by atoms with E-state index in [-0.39, 0.29) is 0 Å². The van der Waals surface area contributed by atoms with Crippen LogP contribution in [-0.4, -0.2) is 9.97 Å². The van der Waals surface area contributed by atoms with Crippen molar-refractivity contribution in [3.05, 3.63) is 64.4 Å². The van der Waals surface area contributed by atoms with Gasteiger partial charge in [0.1, 0.15) is 5.01 Å². The van der Waals surface area contributed by atoms with Crippen molar-refractivity contribution in [3.8, 4) is 10.6 Å². The molecule has 2 aromatic heterocycles. The first kappa shape index (κ1) is 14.0. The van der Waals surface area contributed by atoms with Gasteiger partial charge in [-0.1, -0.05) is 23.7 Å². The van der Waals surface area contributed by atoms with Crippen molar-refractivity contribution in [1.29, 1.82) is 0 Å². The van der Waals surface area contributed by atoms with E-state index in [1.54, 1.807) is 17.5 Å². The second-order valence-corrected chi connectivity index (χ2v) is 5.99. The van der Waals surface area contributed by atoms with E-state index >= 15 is 0 Å². The van der Waals surface area contributed by atoms with Gasteiger partial charge >= 0.3 is 0 Å². The number of pyridine rings is 1. The lowest BCUT2D eigenvalue weighted by molar-refractivity contribution is 1.06. The molecule has 0 bridgehead atoms. The molecule has 0 saturated heterocycles. The topological polar surface area (TPSA) is 37.8 Å². The van der Waals surface area contributed by atoms with Crippen molar-refractivity contribution in [1.82, 2.24) is 9.97 Å². The summed E-state index contributed by atoms with van der Waals surface area (Å²) >= 11 is 7.54. The quantitative estimate of drug-likeness (QED) is 0.753. The summed E-state index contributed by atoms with van der Waals surface area (Å²) in [7, 11) is 0. The monoisotopic (exact) mass is 315 g/mol. The van der Waals surface area contributed by atoms with Crippen molar-refractivity contribution in [2.75, 3.05) is 5.32 Å². The van der Waals surface area contributed by atoms with E-state index in [0.29, 0.717) is 6.54 Å². The SMILES string of the molecule is Cc1ccncc1NCc1csc(-c2ccc(Cl)cc2)n1. The number of nitrogens with zero attached hydrogens (tertiary/aromatic N) is 2. The Balaban J connectivity index is 1.71. The molecule has 0 saturated carbocycles. The van der Waals surface area contributed by atoms with E-state index in [1.807, 2.05) is 36.5 Å². The largest absolute Gasteiger partial charge is 0.378 e. The maximum Gasteiger partial charge on any atom is 0.123 e. The average Bonchev–Trinajstić information content (AvgIpc) is 2.96. The first-order chi connectivity index (χ1) is 10.2. The van der Waals surface area contributed by atoms with Crippen LogP contribution in [-0.2, 0) is 6.54 Å². The summed E-state index contributed by atoms with van der Waals surface area (Å²) in [5.41, 5.74) is 4.33. The number of anilines is 1. The number of hydrogen-bond donors (Lipinski definition) is 1. The van der Waals surface area contributed by atoms with Crippen LogP contribution in [0.1, 0.15) is 11.3 Å². The third-order valence-corrected chi connectivity index (χ3v) is 4.33. The smallest absolute Gasteiger partial charge is 0.123 e. The standard InChI is InChI=1S/C16H14ClN3S/c1-11-6-7-18-9-15(11)19-8-14-10-21-16(20-14)12-2-4-13(17)5-3-12/h2-7,9-10,19H,8H2,1H3. The molecule has 0 radical (unpaired) electrons. The molecule has 0 fully saturated rings. The van der Waals surface area contributed by atoms with Gasteiger partial charge in [0.05, 0.1) is 24.1 Å². The van der Waals surface area contributed by atoms with Crippen LogP contribution in [0.4, 0.5) is 5.69 Å². The van der Waals surface area contributed by atoms with Gasteiger partial charge in [0.2, 0.25) is 0 Å². The molecule has 3 nitrogen and oxygen atoms in total. The molecule has 2 heterocycles. The molecule has 5 heteroatoms. The molecule has 1 N–H and O–H groups in total. The number of nitrogens with one attached hydrogen (secondary N) is 1. The highest BCUT2D eigenvalue weighted by Crippen LogP contribution is 2.25. The number of thiazole rings is 1. The lowest BCUT2D eigenvalue weighted by Crippen LogP contribution is -2.01. The van der Waals surface area contributed by atoms with Crippen LogP contribution in [0.15, 0.2) is 48.1 Å². The van der Waals surface area contributed by atoms with Crippen LogP contribution in [0, 0.1) is 6.92 Å². The highest BCUT2D eigenvalue weighted by Gasteiger charge is 2.05. The van der Waals surface area contributed by atoms with Crippen LogP contribution >= 0.6 is 22.9 Å². The Morgan fingerprint density at radius 2 is 2.00 bits per heavy atom. The second kappa shape index (κ2) is 6.24. The van der Waals surface area contributed by atoms with E-state index in [4.69, 9.17) is 11.6 Å². The zero-order valence-corrected chi connectivity index (χ0v) is 13.1. The van der Waals surface area contributed by atoms with Crippen molar-refractivity contribution >= 4 is 28.6 Å². The summed E-state index contributed by atoms with van der Waals surface area (Å²) in [5, 5.41) is 7.18. The molecule has 0 atom stereocenters. The molecule has 21 heavy (non-hydrogen) atoms. The number of aryl methyl sites for hydroxylation is 1. The van der Waals surface area contributed by atoms with Gasteiger partial charge in [0, 0.05) is 22.2 Å². The zero-order valence-electron chi connectivity index (χ0n) is 11.5. The van der Waals surface area contributed by atoms with Crippen LogP contribution in [0.25, 0.3) is 10.6 Å². The molecule has 0 aliphatic heterocycles. The molecule has 1 aromatic carbocycles. The van der Waals surface area contributed by atoms with Gasteiger partial charge in [-0.25, -0.2) is 4.98 Å². The summed E-state index contributed by atoms with van der Waals surface area (Å²) in [5.74, 6) is 0. The first-order valence-electron chi connectivity index (χ1n) is 6.57. The number of hydrogen-bond acceptors (Lipinski definition) is 4. The average molecular weight is 316 g/mol. The van der Waals surface area contributed by atoms with E-state index < -0.39 is 0 Å². The van der Waals surface area contributed by atoms with Crippen molar-refractivity contribution in [3.63, 3.8) is 0 Å². The predicted molar refractivity (Wildman–Crippen MR) is 88.9 cm³/mol. The Bertz CT molecular complexity index is 737. The molecule has 106 valence electrons. The number of rotatable bonds is 4. The second-order valence-electron chi connectivity index (χ2n) is 4.70. The molecule has 0 amide bonds. The summed E-state index contributed by atoms with van der Waals surface area (Å²) in [6.45, 7) is 2.75. The zero-order chi connectivity index (χ0) is 14.7. The summed E-state index contributed by atoms with van der Waals surface area (Å²) in [6, 6.07) is 9.74. The fraction of sp³-hybridized carbons (Fsp3) is 0.125. The highest BCUT2D eigenvalue weighted by atomic mass is 35.5. The van der Waals surface area contributed by atoms with Gasteiger partial charge < -0.3 is 5.32 Å². The minimum Gasteiger partial charge on any atom is -0.378 e. The van der Waals surface area contributed by atoms with Crippen LogP contribution < -0.4 is 5.32 Å². The molecule has 3 aromatic rings. The minimum atomic E-state index is 0.691. The predicted octanol–water partition coefficient (Wildman–Crippen LogP) is 4.78. The van der Waals surface area contributed by atoms with Gasteiger partial charge in [0.25, 0.3) is 0 Å². The highest BCUT2D eigenvalue weighted by molar-refractivity contribution is 7.13. The third kappa shape index (κ3) is 3.40. The molecule has 0 unspecified atom stereocenters. The van der Waals surface area contributed by atoms with Gasteiger partial charge in [-0.3, -0.25) is 4.98 Å². The van der Waals surface area contributed by atoms with Gasteiger partial charge in [-0.2, -0.15) is 0 Å². The number of benzene rings is 1. The molecular formula is C16H14ClN3S. The number of aromatic nitrogens is 2. The third-order valence-electron chi connectivity index (χ3n) is 3.14. The maximum atomic E-state index is 5.90. The molecule has 0 spiro atoms. The van der Waals surface area contributed by atoms with Crippen molar-refractivity contribution in [2.24, 2.45) is 0 Å². The van der Waals surface area contributed by atoms with Crippen LogP contribution in [0.3, 0.4) is 0 Å². The van der Waals surface area contributed by atoms with Crippen LogP contribution in [0.5, 0.6) is 0 Å². The molecule has 0 aliphatic rings. The van der Waals surface area contributed by atoms with E-state index in [0.717, 1.165) is 27.0 Å². The number of halogens is 1. The first-order valence-corrected chi connectivity index (χ1v) is 7.83. The van der Waals surface area contributed by atoms with Gasteiger partial charge in [-0.05, 0) is 30.7 Å². The molecule has 3 rings (SSSR count).